The van der Waals surface area contributed by atoms with E-state index in [0.717, 1.165) is 0 Å². The molecule has 0 aromatic rings. The number of ether oxygens (including phenoxy) is 6. The molecule has 0 radical (unpaired) electrons. The molecule has 0 bridgehead atoms. The summed E-state index contributed by atoms with van der Waals surface area (Å²) in [5.74, 6) is -16.4. The van der Waals surface area contributed by atoms with Crippen molar-refractivity contribution in [1.82, 2.24) is 0 Å². The lowest BCUT2D eigenvalue weighted by Crippen LogP contribution is -2.58. The fourth-order valence-corrected chi connectivity index (χ4v) is 1.48. The lowest BCUT2D eigenvalue weighted by atomic mass is 10.2. The van der Waals surface area contributed by atoms with Gasteiger partial charge >= 0.3 is 36.8 Å². The maximum Gasteiger partial charge on any atom is 0.492 e. The van der Waals surface area contributed by atoms with Gasteiger partial charge in [0.05, 0.1) is 21.5 Å². The average molecular weight is 877 g/mol. The minimum Gasteiger partial charge on any atom is -0.319 e. The monoisotopic (exact) mass is 876 g/mol. The summed E-state index contributed by atoms with van der Waals surface area (Å²) in [5, 5.41) is 0. The van der Waals surface area contributed by atoms with Crippen molar-refractivity contribution in [3.8, 4) is 0 Å². The van der Waals surface area contributed by atoms with Gasteiger partial charge in [0, 0.05) is 21.1 Å². The number of alkyl halides is 21. The maximum absolute atomic E-state index is 12.6. The Labute approximate surface area is 303 Å². The van der Waals surface area contributed by atoms with Gasteiger partial charge in [-0.3, -0.25) is 32.1 Å². The molecule has 0 amide bonds. The van der Waals surface area contributed by atoms with Gasteiger partial charge in [-0.2, -0.15) is 35.1 Å². The molecule has 6 nitrogen and oxygen atoms in total. The molecule has 0 aromatic carbocycles. The first-order valence-corrected chi connectivity index (χ1v) is 11.2. The number of hydrogen-bond acceptors (Lipinski definition) is 6. The van der Waals surface area contributed by atoms with E-state index in [1.165, 1.54) is 0 Å². The Kier molecular flexibility index (Phi) is 54.2. The van der Waals surface area contributed by atoms with Crippen LogP contribution in [0.15, 0.2) is 0 Å². The summed E-state index contributed by atoms with van der Waals surface area (Å²) in [4.78, 5) is 0. The van der Waals surface area contributed by atoms with E-state index in [4.69, 9.17) is 0 Å². The Balaban J connectivity index is -0.0000000440. The Morgan fingerprint density at radius 3 is 0.796 bits per heavy atom. The van der Waals surface area contributed by atoms with E-state index >= 15 is 0 Å². The highest BCUT2D eigenvalue weighted by atomic mass is 19.4. The third kappa shape index (κ3) is 40.0. The van der Waals surface area contributed by atoms with Crippen LogP contribution in [0.5, 0.6) is 0 Å². The van der Waals surface area contributed by atoms with Gasteiger partial charge in [0.1, 0.15) is 20.0 Å². The lowest BCUT2D eigenvalue weighted by molar-refractivity contribution is -0.493. The fourth-order valence-electron chi connectivity index (χ4n) is 1.48. The van der Waals surface area contributed by atoms with Crippen molar-refractivity contribution in [2.45, 2.75) is 127 Å². The van der Waals surface area contributed by atoms with Crippen molar-refractivity contribution in [2.24, 2.45) is 0 Å². The predicted octanol–water partition coefficient (Wildman–Crippen LogP) is 13.4. The van der Waals surface area contributed by atoms with Gasteiger partial charge in [-0.25, -0.2) is 31.1 Å². The normalized spacial score (nSPS) is 14.3. The second kappa shape index (κ2) is 34.5. The third-order valence-electron chi connectivity index (χ3n) is 3.24. The van der Waals surface area contributed by atoms with E-state index in [2.05, 4.69) is 28.4 Å². The number of halogens is 21. The zero-order valence-corrected chi connectivity index (χ0v) is 26.0. The van der Waals surface area contributed by atoms with Crippen LogP contribution in [0.1, 0.15) is 72.3 Å². The van der Waals surface area contributed by atoms with Crippen molar-refractivity contribution >= 4 is 0 Å². The molecular formula is C27H57F21O6. The molecule has 0 N–H and O–H groups in total. The van der Waals surface area contributed by atoms with E-state index in [1.54, 1.807) is 0 Å². The molecular weight excluding hydrogens is 819 g/mol. The van der Waals surface area contributed by atoms with Crippen LogP contribution in [0.4, 0.5) is 92.2 Å². The van der Waals surface area contributed by atoms with Crippen molar-refractivity contribution < 1.29 is 121 Å². The van der Waals surface area contributed by atoms with Crippen LogP contribution in [0.3, 0.4) is 0 Å². The number of hydrogen-bond donors (Lipinski definition) is 0. The molecule has 348 valence electrons. The van der Waals surface area contributed by atoms with Crippen LogP contribution in [-0.2, 0) is 28.4 Å². The molecule has 0 heterocycles. The van der Waals surface area contributed by atoms with Gasteiger partial charge < -0.3 is 4.74 Å². The Bertz CT molecular complexity index is 772. The Morgan fingerprint density at radius 1 is 0.352 bits per heavy atom. The highest BCUT2D eigenvalue weighted by Crippen LogP contribution is 2.48. The second-order valence-corrected chi connectivity index (χ2v) is 7.87. The quantitative estimate of drug-likeness (QED) is 0.121. The van der Waals surface area contributed by atoms with E-state index in [-0.39, 0.29) is 65.5 Å². The molecule has 0 spiro atoms. The molecule has 0 fully saturated rings. The molecule has 0 aromatic heterocycles. The SMILES string of the molecule is C.C.C.C.C.C.CC(F)(F)OC(F)(F)OC(C)(F)CF.CF.CF.CF.COC(F)(F)C(F)(F)C(F)(F)OC(C)(F)CF.COC(F)(F)OC(C)(F)CF. The van der Waals surface area contributed by atoms with Gasteiger partial charge in [-0.15, -0.1) is 17.6 Å². The third-order valence-corrected chi connectivity index (χ3v) is 3.24. The van der Waals surface area contributed by atoms with Crippen LogP contribution in [0.25, 0.3) is 0 Å². The fraction of sp³-hybridized carbons (Fsp3) is 1.00. The van der Waals surface area contributed by atoms with Gasteiger partial charge in [-0.1, -0.05) is 44.6 Å². The first-order valence-electron chi connectivity index (χ1n) is 11.2. The minimum absolute atomic E-state index is 0. The van der Waals surface area contributed by atoms with Gasteiger partial charge in [0.15, 0.2) is 0 Å². The van der Waals surface area contributed by atoms with E-state index in [0.29, 0.717) is 42.5 Å². The summed E-state index contributed by atoms with van der Waals surface area (Å²) in [7, 11) is 2.15. The molecule has 3 unspecified atom stereocenters. The summed E-state index contributed by atoms with van der Waals surface area (Å²) in [5.41, 5.74) is 0. The molecule has 0 saturated carbocycles. The van der Waals surface area contributed by atoms with Crippen molar-refractivity contribution in [3.05, 3.63) is 0 Å². The summed E-state index contributed by atoms with van der Waals surface area (Å²) >= 11 is 0. The Hall–Kier alpha value is -1.71. The predicted molar refractivity (Wildman–Crippen MR) is 162 cm³/mol. The maximum atomic E-state index is 12.6. The second-order valence-electron chi connectivity index (χ2n) is 7.87. The van der Waals surface area contributed by atoms with Crippen LogP contribution >= 0.6 is 0 Å². The van der Waals surface area contributed by atoms with Gasteiger partial charge in [0.25, 0.3) is 0 Å². The highest BCUT2D eigenvalue weighted by Gasteiger charge is 2.75. The van der Waals surface area contributed by atoms with Crippen LogP contribution in [0, 0.1) is 0 Å². The summed E-state index contributed by atoms with van der Waals surface area (Å²) in [6, 6.07) is 0. The molecule has 54 heavy (non-hydrogen) atoms. The first-order chi connectivity index (χ1) is 21.1. The summed E-state index contributed by atoms with van der Waals surface area (Å²) in [6.07, 6.45) is -24.8. The number of rotatable bonds is 15. The zero-order chi connectivity index (χ0) is 40.9. The molecule has 0 saturated heterocycles. The highest BCUT2D eigenvalue weighted by molar-refractivity contribution is 4.87. The van der Waals surface area contributed by atoms with Gasteiger partial charge in [0.2, 0.25) is 17.6 Å². The van der Waals surface area contributed by atoms with Crippen LogP contribution in [0.2, 0.25) is 0 Å². The summed E-state index contributed by atoms with van der Waals surface area (Å²) < 4.78 is 267. The Morgan fingerprint density at radius 2 is 0.593 bits per heavy atom. The van der Waals surface area contributed by atoms with Crippen molar-refractivity contribution in [1.29, 1.82) is 0 Å². The molecule has 0 aliphatic carbocycles. The van der Waals surface area contributed by atoms with Crippen LogP contribution in [-0.4, -0.2) is 110 Å². The van der Waals surface area contributed by atoms with Gasteiger partial charge in [-0.05, 0) is 20.8 Å². The summed E-state index contributed by atoms with van der Waals surface area (Å²) in [6.45, 7) is -4.89. The molecule has 3 atom stereocenters. The lowest BCUT2D eigenvalue weighted by Gasteiger charge is -2.33. The van der Waals surface area contributed by atoms with E-state index in [9.17, 15) is 92.2 Å². The smallest absolute Gasteiger partial charge is 0.319 e. The standard InChI is InChI=1S/C7H8F8O2.C6H8F6O2.C5H8F4O2.3CH3F.6CH4/c1-4(9,3-8)17-7(14,15)5(10,11)6(12,13)16-2;1-4(8,3-7)13-6(11,12)14-5(2,9)10;1-4(7,3-6)11-5(8,9)10-2;3*1-2;;;;;;/h3H2,1-2H3;3H2,1-2H3;3H2,1-2H3;3*1H3;6*1H4. The van der Waals surface area contributed by atoms with Crippen molar-refractivity contribution in [2.75, 3.05) is 55.8 Å². The van der Waals surface area contributed by atoms with Crippen LogP contribution < -0.4 is 0 Å². The molecule has 0 aliphatic heterocycles. The topological polar surface area (TPSA) is 55.4 Å². The molecule has 0 aliphatic rings. The van der Waals surface area contributed by atoms with E-state index in [1.807, 2.05) is 0 Å². The molecule has 27 heteroatoms. The largest absolute Gasteiger partial charge is 0.492 e. The molecule has 0 rings (SSSR count). The number of methoxy groups -OCH3 is 2. The van der Waals surface area contributed by atoms with Crippen molar-refractivity contribution in [3.63, 3.8) is 0 Å². The average Bonchev–Trinajstić information content (AvgIpc) is 2.94. The first kappa shape index (κ1) is 84.7. The minimum atomic E-state index is -6.17. The van der Waals surface area contributed by atoms with E-state index < -0.39 is 74.4 Å². The zero-order valence-electron chi connectivity index (χ0n) is 26.0.